The summed E-state index contributed by atoms with van der Waals surface area (Å²) < 4.78 is 0. The van der Waals surface area contributed by atoms with Crippen molar-refractivity contribution in [3.05, 3.63) is 18.1 Å². The summed E-state index contributed by atoms with van der Waals surface area (Å²) in [4.78, 5) is 0. The summed E-state index contributed by atoms with van der Waals surface area (Å²) in [6.07, 6.45) is 11.0. The van der Waals surface area contributed by atoms with Gasteiger partial charge in [-0.15, -0.1) is 0 Å². The van der Waals surface area contributed by atoms with Gasteiger partial charge in [0.05, 0.1) is 0 Å². The van der Waals surface area contributed by atoms with Crippen molar-refractivity contribution in [2.24, 2.45) is 0 Å². The molecule has 0 fully saturated rings. The fourth-order valence-electron chi connectivity index (χ4n) is 1.56. The molecule has 0 rings (SSSR count). The lowest BCUT2D eigenvalue weighted by molar-refractivity contribution is 0.588. The highest BCUT2D eigenvalue weighted by Gasteiger charge is 1.94. The Hall–Kier alpha value is -0.260. The van der Waals surface area contributed by atoms with Crippen LogP contribution in [0.3, 0.4) is 0 Å². The highest BCUT2D eigenvalue weighted by Crippen LogP contribution is 2.14. The van der Waals surface area contributed by atoms with Gasteiger partial charge in [-0.3, -0.25) is 0 Å². The molecule has 0 heteroatoms. The molecule has 0 saturated carbocycles. The van der Waals surface area contributed by atoms with E-state index in [-0.39, 0.29) is 0 Å². The normalized spacial score (nSPS) is 12.9. The Morgan fingerprint density at radius 2 is 1.36 bits per heavy atom. The van der Waals surface area contributed by atoms with E-state index in [0.717, 1.165) is 0 Å². The summed E-state index contributed by atoms with van der Waals surface area (Å²) in [6.45, 7) is 10.5. The van der Waals surface area contributed by atoms with Crippen molar-refractivity contribution in [3.63, 3.8) is 0 Å². The molecule has 0 unspecified atom stereocenters. The number of hydrogen-bond acceptors (Lipinski definition) is 0. The van der Waals surface area contributed by atoms with Gasteiger partial charge in [-0.25, -0.2) is 0 Å². The minimum atomic E-state index is 1.25. The third-order valence-electron chi connectivity index (χ3n) is 2.88. The van der Waals surface area contributed by atoms with Crippen molar-refractivity contribution < 1.29 is 0 Å². The van der Waals surface area contributed by atoms with Crippen molar-refractivity contribution in [2.75, 3.05) is 0 Å². The number of rotatable bonds is 8. The van der Waals surface area contributed by atoms with E-state index in [4.69, 9.17) is 0 Å². The second-order valence-electron chi connectivity index (χ2n) is 4.43. The molecule has 0 bridgehead atoms. The average molecular weight is 195 g/mol. The van der Waals surface area contributed by atoms with Gasteiger partial charge < -0.3 is 0 Å². The van der Waals surface area contributed by atoms with Crippen molar-refractivity contribution in [3.8, 4) is 0 Å². The van der Waals surface area contributed by atoms with Crippen LogP contribution in [0, 0.1) is 6.92 Å². The van der Waals surface area contributed by atoms with Crippen LogP contribution in [0.1, 0.15) is 72.1 Å². The van der Waals surface area contributed by atoms with Gasteiger partial charge in [0.15, 0.2) is 0 Å². The van der Waals surface area contributed by atoms with Gasteiger partial charge in [0.1, 0.15) is 0 Å². The van der Waals surface area contributed by atoms with Crippen molar-refractivity contribution in [1.82, 2.24) is 0 Å². The summed E-state index contributed by atoms with van der Waals surface area (Å²) in [5.41, 5.74) is 2.74. The van der Waals surface area contributed by atoms with Gasteiger partial charge in [0.2, 0.25) is 0 Å². The van der Waals surface area contributed by atoms with E-state index in [9.17, 15) is 0 Å². The topological polar surface area (TPSA) is 0 Å². The van der Waals surface area contributed by atoms with E-state index in [1.165, 1.54) is 62.5 Å². The van der Waals surface area contributed by atoms with Crippen molar-refractivity contribution in [2.45, 2.75) is 72.1 Å². The molecule has 14 heavy (non-hydrogen) atoms. The Morgan fingerprint density at radius 3 is 1.86 bits per heavy atom. The van der Waals surface area contributed by atoms with Crippen LogP contribution in [-0.4, -0.2) is 0 Å². The van der Waals surface area contributed by atoms with Gasteiger partial charge in [-0.2, -0.15) is 0 Å². The first-order valence-electron chi connectivity index (χ1n) is 6.16. The monoisotopic (exact) mass is 195 g/mol. The van der Waals surface area contributed by atoms with Crippen LogP contribution in [0.5, 0.6) is 0 Å². The van der Waals surface area contributed by atoms with Gasteiger partial charge in [-0.1, -0.05) is 56.6 Å². The molecule has 83 valence electrons. The lowest BCUT2D eigenvalue weighted by atomic mass is 10.0. The Bertz CT molecular complexity index is 149. The van der Waals surface area contributed by atoms with Crippen LogP contribution in [0.4, 0.5) is 0 Å². The Morgan fingerprint density at radius 1 is 0.857 bits per heavy atom. The zero-order chi connectivity index (χ0) is 10.8. The molecule has 0 aliphatic heterocycles. The molecule has 0 N–H and O–H groups in total. The van der Waals surface area contributed by atoms with Crippen LogP contribution in [0.25, 0.3) is 0 Å². The van der Waals surface area contributed by atoms with Crippen molar-refractivity contribution in [1.29, 1.82) is 0 Å². The maximum absolute atomic E-state index is 3.96. The van der Waals surface area contributed by atoms with Crippen LogP contribution in [0.15, 0.2) is 11.1 Å². The highest BCUT2D eigenvalue weighted by atomic mass is 14.0. The lowest BCUT2D eigenvalue weighted by Gasteiger charge is -2.03. The molecule has 0 nitrogen and oxygen atoms in total. The molecule has 0 aromatic carbocycles. The fraction of sp³-hybridized carbons (Fsp3) is 0.786. The van der Waals surface area contributed by atoms with Gasteiger partial charge in [0, 0.05) is 0 Å². The zero-order valence-electron chi connectivity index (χ0n) is 10.4. The molecule has 0 heterocycles. The van der Waals surface area contributed by atoms with Crippen LogP contribution < -0.4 is 0 Å². The second kappa shape index (κ2) is 9.30. The van der Waals surface area contributed by atoms with Crippen LogP contribution >= 0.6 is 0 Å². The van der Waals surface area contributed by atoms with E-state index < -0.39 is 0 Å². The maximum Gasteiger partial charge on any atom is -0.0283 e. The summed E-state index contributed by atoms with van der Waals surface area (Å²) in [6, 6.07) is 0. The predicted molar refractivity (Wildman–Crippen MR) is 66.3 cm³/mol. The van der Waals surface area contributed by atoms with E-state index in [2.05, 4.69) is 27.7 Å². The second-order valence-corrected chi connectivity index (χ2v) is 4.43. The highest BCUT2D eigenvalue weighted by molar-refractivity contribution is 5.11. The van der Waals surface area contributed by atoms with E-state index in [1.54, 1.807) is 0 Å². The summed E-state index contributed by atoms with van der Waals surface area (Å²) >= 11 is 0. The Balaban J connectivity index is 3.18. The predicted octanol–water partition coefficient (Wildman–Crippen LogP) is 5.30. The minimum Gasteiger partial charge on any atom is -0.0744 e. The van der Waals surface area contributed by atoms with E-state index in [1.807, 2.05) is 0 Å². The molecule has 0 spiro atoms. The molecule has 1 radical (unpaired) electrons. The fourth-order valence-corrected chi connectivity index (χ4v) is 1.56. The van der Waals surface area contributed by atoms with E-state index >= 15 is 0 Å². The first kappa shape index (κ1) is 13.7. The zero-order valence-corrected chi connectivity index (χ0v) is 10.4. The molecule has 0 saturated heterocycles. The lowest BCUT2D eigenvalue weighted by Crippen LogP contribution is -1.83. The first-order valence-corrected chi connectivity index (χ1v) is 6.16. The molecular formula is C14H27. The van der Waals surface area contributed by atoms with Gasteiger partial charge in [0.25, 0.3) is 0 Å². The average Bonchev–Trinajstić information content (AvgIpc) is 2.16. The van der Waals surface area contributed by atoms with Gasteiger partial charge in [-0.05, 0) is 33.6 Å². The van der Waals surface area contributed by atoms with Crippen LogP contribution in [0.2, 0.25) is 0 Å². The third kappa shape index (κ3) is 8.34. The Kier molecular flexibility index (Phi) is 9.13. The van der Waals surface area contributed by atoms with Gasteiger partial charge >= 0.3 is 0 Å². The molecule has 0 aromatic rings. The minimum absolute atomic E-state index is 1.25. The molecule has 0 aliphatic carbocycles. The summed E-state index contributed by atoms with van der Waals surface area (Å²) in [7, 11) is 0. The molecule has 0 amide bonds. The molecular weight excluding hydrogens is 168 g/mol. The Labute approximate surface area is 90.8 Å². The quantitative estimate of drug-likeness (QED) is 0.461. The molecule has 0 aliphatic rings. The summed E-state index contributed by atoms with van der Waals surface area (Å²) in [5.74, 6) is 0. The van der Waals surface area contributed by atoms with Crippen LogP contribution in [-0.2, 0) is 0 Å². The number of hydrogen-bond donors (Lipinski definition) is 0. The van der Waals surface area contributed by atoms with E-state index in [0.29, 0.717) is 0 Å². The largest absolute Gasteiger partial charge is 0.0744 e. The number of unbranched alkanes of at least 4 members (excludes halogenated alkanes) is 6. The first-order chi connectivity index (χ1) is 6.68. The standard InChI is InChI=1S/C14H27/c1-5-6-7-8-9-10-11-12-14(4)13(2)3/h2,5-12H2,1,3-4H3/b14-13-. The number of allylic oxidation sites excluding steroid dienone is 2. The smallest absolute Gasteiger partial charge is 0.0283 e. The third-order valence-corrected chi connectivity index (χ3v) is 2.88. The maximum atomic E-state index is 3.96. The molecule has 0 aromatic heterocycles. The van der Waals surface area contributed by atoms with Crippen molar-refractivity contribution >= 4 is 0 Å². The summed E-state index contributed by atoms with van der Waals surface area (Å²) in [5, 5.41) is 0. The SMILES string of the molecule is [CH2]/C(C)=C(\C)CCCCCCCCC. The molecule has 0 atom stereocenters.